The van der Waals surface area contributed by atoms with E-state index in [4.69, 9.17) is 32.9 Å². The van der Waals surface area contributed by atoms with Crippen LogP contribution in [0, 0.1) is 6.92 Å². The number of rotatable bonds is 10. The van der Waals surface area contributed by atoms with E-state index in [1.807, 2.05) is 74.2 Å². The van der Waals surface area contributed by atoms with Crippen LogP contribution in [0.25, 0.3) is 22.7 Å². The van der Waals surface area contributed by atoms with Gasteiger partial charge in [-0.15, -0.1) is 0 Å². The Balaban J connectivity index is 1.30. The van der Waals surface area contributed by atoms with Gasteiger partial charge in [-0.2, -0.15) is 0 Å². The van der Waals surface area contributed by atoms with Crippen molar-refractivity contribution >= 4 is 57.7 Å². The van der Waals surface area contributed by atoms with Gasteiger partial charge in [0.2, 0.25) is 5.91 Å². The topological polar surface area (TPSA) is 88.5 Å². The molecule has 0 saturated carbocycles. The van der Waals surface area contributed by atoms with Crippen molar-refractivity contribution in [1.29, 1.82) is 0 Å². The van der Waals surface area contributed by atoms with Crippen molar-refractivity contribution in [1.82, 2.24) is 20.2 Å². The second-order valence-electron chi connectivity index (χ2n) is 10.6. The summed E-state index contributed by atoms with van der Waals surface area (Å²) in [6.45, 7) is 2.37. The highest BCUT2D eigenvalue weighted by molar-refractivity contribution is 6.37. The van der Waals surface area contributed by atoms with Crippen LogP contribution in [-0.4, -0.2) is 42.5 Å². The van der Waals surface area contributed by atoms with E-state index in [9.17, 15) is 9.59 Å². The summed E-state index contributed by atoms with van der Waals surface area (Å²) in [6.07, 6.45) is 5.03. The first-order chi connectivity index (χ1) is 21.7. The highest BCUT2D eigenvalue weighted by atomic mass is 35.5. The van der Waals surface area contributed by atoms with Gasteiger partial charge in [0.15, 0.2) is 0 Å². The maximum Gasteiger partial charge on any atom is 0.251 e. The first-order valence-corrected chi connectivity index (χ1v) is 15.0. The highest BCUT2D eigenvalue weighted by Crippen LogP contribution is 2.35. The molecule has 0 aliphatic carbocycles. The second-order valence-corrected chi connectivity index (χ2v) is 11.4. The van der Waals surface area contributed by atoms with Crippen molar-refractivity contribution in [3.8, 4) is 11.4 Å². The smallest absolute Gasteiger partial charge is 0.251 e. The second kappa shape index (κ2) is 13.9. The van der Waals surface area contributed by atoms with Crippen LogP contribution in [0.2, 0.25) is 10.0 Å². The molecule has 230 valence electrons. The van der Waals surface area contributed by atoms with Gasteiger partial charge in [0, 0.05) is 72.0 Å². The number of pyridine rings is 1. The summed E-state index contributed by atoms with van der Waals surface area (Å²) in [7, 11) is 5.58. The molecule has 5 aromatic rings. The molecule has 0 atom stereocenters. The fourth-order valence-corrected chi connectivity index (χ4v) is 5.53. The zero-order chi connectivity index (χ0) is 32.1. The SMILES string of the molecule is CNC(=O)c1ccc(C=CC(=O)NCc2cccn2-c2ccc(Cl)c(COc3cccc4c(N(C)C)cc(C)nc34)c2Cl)cc1. The van der Waals surface area contributed by atoms with Crippen molar-refractivity contribution < 1.29 is 14.3 Å². The third kappa shape index (κ3) is 7.14. The third-order valence-corrected chi connectivity index (χ3v) is 8.07. The predicted molar refractivity (Wildman–Crippen MR) is 182 cm³/mol. The van der Waals surface area contributed by atoms with Gasteiger partial charge in [-0.3, -0.25) is 9.59 Å². The number of anilines is 1. The van der Waals surface area contributed by atoms with Gasteiger partial charge in [-0.25, -0.2) is 4.98 Å². The summed E-state index contributed by atoms with van der Waals surface area (Å²) < 4.78 is 8.19. The van der Waals surface area contributed by atoms with E-state index in [1.54, 1.807) is 43.5 Å². The van der Waals surface area contributed by atoms with Gasteiger partial charge >= 0.3 is 0 Å². The van der Waals surface area contributed by atoms with Crippen molar-refractivity contribution in [3.05, 3.63) is 123 Å². The molecule has 0 spiro atoms. The number of benzene rings is 3. The maximum atomic E-state index is 12.6. The molecule has 10 heteroatoms. The van der Waals surface area contributed by atoms with Gasteiger partial charge in [0.1, 0.15) is 17.9 Å². The number of carbonyl (C=O) groups excluding carboxylic acids is 2. The quantitative estimate of drug-likeness (QED) is 0.161. The number of ether oxygens (including phenoxy) is 1. The van der Waals surface area contributed by atoms with Gasteiger partial charge in [-0.05, 0) is 67.1 Å². The molecule has 0 fully saturated rings. The Morgan fingerprint density at radius 3 is 2.53 bits per heavy atom. The van der Waals surface area contributed by atoms with E-state index in [1.165, 1.54) is 6.08 Å². The lowest BCUT2D eigenvalue weighted by molar-refractivity contribution is -0.116. The molecule has 0 radical (unpaired) electrons. The Labute approximate surface area is 272 Å². The van der Waals surface area contributed by atoms with Crippen LogP contribution < -0.4 is 20.3 Å². The number of hydrogen-bond acceptors (Lipinski definition) is 5. The molecule has 3 aromatic carbocycles. The molecule has 2 amide bonds. The van der Waals surface area contributed by atoms with Crippen LogP contribution in [0.15, 0.2) is 85.1 Å². The van der Waals surface area contributed by atoms with Gasteiger partial charge in [-0.1, -0.05) is 47.5 Å². The van der Waals surface area contributed by atoms with Crippen LogP contribution in [0.3, 0.4) is 0 Å². The number of carbonyl (C=O) groups is 2. The monoisotopic (exact) mass is 641 g/mol. The summed E-state index contributed by atoms with van der Waals surface area (Å²) in [6, 6.07) is 22.3. The predicted octanol–water partition coefficient (Wildman–Crippen LogP) is 6.97. The lowest BCUT2D eigenvalue weighted by Gasteiger charge is -2.18. The maximum absolute atomic E-state index is 12.6. The van der Waals surface area contributed by atoms with Crippen molar-refractivity contribution in [2.75, 3.05) is 26.0 Å². The van der Waals surface area contributed by atoms with Crippen LogP contribution in [0.5, 0.6) is 5.75 Å². The summed E-state index contributed by atoms with van der Waals surface area (Å²) >= 11 is 13.6. The minimum atomic E-state index is -0.259. The number of fused-ring (bicyclic) bond motifs is 1. The fraction of sp³-hybridized carbons (Fsp3) is 0.171. The summed E-state index contributed by atoms with van der Waals surface area (Å²) in [4.78, 5) is 31.1. The fourth-order valence-electron chi connectivity index (χ4n) is 4.96. The molecule has 2 N–H and O–H groups in total. The molecule has 45 heavy (non-hydrogen) atoms. The van der Waals surface area contributed by atoms with E-state index < -0.39 is 0 Å². The lowest BCUT2D eigenvalue weighted by Crippen LogP contribution is -2.21. The Morgan fingerprint density at radius 1 is 1.02 bits per heavy atom. The molecule has 2 heterocycles. The molecular formula is C35H33Cl2N5O3. The number of halogens is 2. The molecule has 0 aliphatic heterocycles. The van der Waals surface area contributed by atoms with Crippen LogP contribution in [-0.2, 0) is 17.9 Å². The largest absolute Gasteiger partial charge is 0.487 e. The Hall–Kier alpha value is -4.79. The number of nitrogens with one attached hydrogen (secondary N) is 2. The minimum Gasteiger partial charge on any atom is -0.487 e. The average Bonchev–Trinajstić information content (AvgIpc) is 3.50. The molecule has 2 aromatic heterocycles. The standard InChI is InChI=1S/C35H33Cl2N5O3/c1-22-19-30(41(3)4)26-8-5-9-31(34(26)40-22)45-21-27-28(36)15-16-29(33(27)37)42-18-6-7-25(42)20-39-32(43)17-12-23-10-13-24(14-11-23)35(44)38-2/h5-19H,20-21H2,1-4H3,(H,38,44)(H,39,43). The van der Waals surface area contributed by atoms with E-state index >= 15 is 0 Å². The number of amides is 2. The van der Waals surface area contributed by atoms with E-state index in [0.29, 0.717) is 32.6 Å². The zero-order valence-corrected chi connectivity index (χ0v) is 26.9. The molecule has 8 nitrogen and oxygen atoms in total. The number of nitrogens with zero attached hydrogens (tertiary/aromatic N) is 3. The Morgan fingerprint density at radius 2 is 1.80 bits per heavy atom. The lowest BCUT2D eigenvalue weighted by atomic mass is 10.1. The molecule has 0 aliphatic rings. The number of aryl methyl sites for hydroxylation is 1. The van der Waals surface area contributed by atoms with Crippen LogP contribution >= 0.6 is 23.2 Å². The summed E-state index contributed by atoms with van der Waals surface area (Å²) in [5, 5.41) is 7.42. The normalized spacial score (nSPS) is 11.2. The van der Waals surface area contributed by atoms with Crippen molar-refractivity contribution in [3.63, 3.8) is 0 Å². The summed E-state index contributed by atoms with van der Waals surface area (Å²) in [5.41, 5.74) is 6.24. The number of hydrogen-bond donors (Lipinski definition) is 2. The summed E-state index contributed by atoms with van der Waals surface area (Å²) in [5.74, 6) is 0.213. The zero-order valence-electron chi connectivity index (χ0n) is 25.4. The van der Waals surface area contributed by atoms with Crippen molar-refractivity contribution in [2.24, 2.45) is 0 Å². The average molecular weight is 643 g/mol. The van der Waals surface area contributed by atoms with Crippen molar-refractivity contribution in [2.45, 2.75) is 20.1 Å². The molecule has 5 rings (SSSR count). The number of para-hydroxylation sites is 1. The molecular weight excluding hydrogens is 609 g/mol. The highest BCUT2D eigenvalue weighted by Gasteiger charge is 2.17. The molecule has 0 bridgehead atoms. The first kappa shape index (κ1) is 31.6. The van der Waals surface area contributed by atoms with E-state index in [2.05, 4.69) is 15.5 Å². The molecule has 0 saturated heterocycles. The Bertz CT molecular complexity index is 1900. The van der Waals surface area contributed by atoms with E-state index in [-0.39, 0.29) is 25.0 Å². The van der Waals surface area contributed by atoms with Gasteiger partial charge in [0.25, 0.3) is 5.91 Å². The number of aromatic nitrogens is 2. The van der Waals surface area contributed by atoms with Crippen LogP contribution in [0.1, 0.15) is 32.9 Å². The van der Waals surface area contributed by atoms with Gasteiger partial charge < -0.3 is 24.8 Å². The Kier molecular flexibility index (Phi) is 9.76. The first-order valence-electron chi connectivity index (χ1n) is 14.3. The molecule has 0 unspecified atom stereocenters. The van der Waals surface area contributed by atoms with Gasteiger partial charge in [0.05, 0.1) is 17.3 Å². The van der Waals surface area contributed by atoms with Crippen LogP contribution in [0.4, 0.5) is 5.69 Å². The third-order valence-electron chi connectivity index (χ3n) is 7.29. The minimum absolute atomic E-state index is 0.139. The van der Waals surface area contributed by atoms with E-state index in [0.717, 1.165) is 33.5 Å².